The summed E-state index contributed by atoms with van der Waals surface area (Å²) in [5.74, 6) is 0. The SMILES string of the molecule is NCC1(N)CC1. The summed E-state index contributed by atoms with van der Waals surface area (Å²) in [6, 6.07) is 0. The summed E-state index contributed by atoms with van der Waals surface area (Å²) in [4.78, 5) is 0. The predicted octanol–water partition coefficient (Wildman–Crippen LogP) is -0.564. The van der Waals surface area contributed by atoms with Crippen molar-refractivity contribution in [3.05, 3.63) is 0 Å². The number of rotatable bonds is 1. The molecule has 1 rings (SSSR count). The van der Waals surface area contributed by atoms with Gasteiger partial charge >= 0.3 is 0 Å². The van der Waals surface area contributed by atoms with Gasteiger partial charge in [0.25, 0.3) is 0 Å². The minimum atomic E-state index is 0.0694. The van der Waals surface area contributed by atoms with Crippen molar-refractivity contribution in [3.8, 4) is 0 Å². The van der Waals surface area contributed by atoms with Gasteiger partial charge in [-0.25, -0.2) is 0 Å². The molecular formula is C4H10N2. The molecule has 1 fully saturated rings. The largest absolute Gasteiger partial charge is 0.329 e. The van der Waals surface area contributed by atoms with Crippen LogP contribution in [0.15, 0.2) is 0 Å². The lowest BCUT2D eigenvalue weighted by Crippen LogP contribution is -2.31. The molecule has 4 N–H and O–H groups in total. The second kappa shape index (κ2) is 0.950. The monoisotopic (exact) mass is 86.1 g/mol. The van der Waals surface area contributed by atoms with Gasteiger partial charge in [-0.2, -0.15) is 0 Å². The summed E-state index contributed by atoms with van der Waals surface area (Å²) in [7, 11) is 0. The number of hydrogen-bond donors (Lipinski definition) is 2. The Morgan fingerprint density at radius 2 is 2.00 bits per heavy atom. The first-order valence-corrected chi connectivity index (χ1v) is 2.26. The molecule has 0 aromatic rings. The molecule has 0 aromatic carbocycles. The Labute approximate surface area is 37.5 Å². The van der Waals surface area contributed by atoms with Crippen molar-refractivity contribution in [2.45, 2.75) is 18.4 Å². The molecule has 0 radical (unpaired) electrons. The standard InChI is InChI=1S/C4H10N2/c5-3-4(6)1-2-4/h1-3,5-6H2. The fourth-order valence-electron chi connectivity index (χ4n) is 0.365. The number of nitrogens with two attached hydrogens (primary N) is 2. The van der Waals surface area contributed by atoms with Gasteiger partial charge in [-0.05, 0) is 12.8 Å². The maximum absolute atomic E-state index is 5.52. The molecule has 0 spiro atoms. The Kier molecular flexibility index (Phi) is 0.648. The maximum atomic E-state index is 5.52. The van der Waals surface area contributed by atoms with Crippen LogP contribution < -0.4 is 11.5 Å². The summed E-state index contributed by atoms with van der Waals surface area (Å²) in [6.45, 7) is 0.660. The third-order valence-electron chi connectivity index (χ3n) is 1.30. The van der Waals surface area contributed by atoms with E-state index < -0.39 is 0 Å². The van der Waals surface area contributed by atoms with Crippen LogP contribution >= 0.6 is 0 Å². The fourth-order valence-corrected chi connectivity index (χ4v) is 0.365. The van der Waals surface area contributed by atoms with Gasteiger partial charge in [-0.15, -0.1) is 0 Å². The minimum absolute atomic E-state index is 0.0694. The minimum Gasteiger partial charge on any atom is -0.329 e. The molecule has 0 aliphatic heterocycles. The van der Waals surface area contributed by atoms with Gasteiger partial charge in [0.05, 0.1) is 0 Å². The van der Waals surface area contributed by atoms with E-state index in [1.54, 1.807) is 0 Å². The van der Waals surface area contributed by atoms with E-state index in [-0.39, 0.29) is 5.54 Å². The molecule has 0 heterocycles. The highest BCUT2D eigenvalue weighted by atomic mass is 14.9. The Bertz CT molecular complexity index is 56.6. The third-order valence-corrected chi connectivity index (χ3v) is 1.30. The van der Waals surface area contributed by atoms with E-state index in [4.69, 9.17) is 11.5 Å². The van der Waals surface area contributed by atoms with E-state index in [0.717, 1.165) is 12.8 Å². The van der Waals surface area contributed by atoms with Crippen molar-refractivity contribution in [1.82, 2.24) is 0 Å². The summed E-state index contributed by atoms with van der Waals surface area (Å²) >= 11 is 0. The highest BCUT2D eigenvalue weighted by molar-refractivity contribution is 4.99. The molecule has 0 aromatic heterocycles. The average molecular weight is 86.1 g/mol. The summed E-state index contributed by atoms with van der Waals surface area (Å²) < 4.78 is 0. The van der Waals surface area contributed by atoms with Gasteiger partial charge in [0.1, 0.15) is 0 Å². The highest BCUT2D eigenvalue weighted by Crippen LogP contribution is 2.29. The third kappa shape index (κ3) is 0.533. The molecule has 0 amide bonds. The quantitative estimate of drug-likeness (QED) is 0.449. The van der Waals surface area contributed by atoms with Crippen LogP contribution in [0.5, 0.6) is 0 Å². The summed E-state index contributed by atoms with van der Waals surface area (Å²) in [5.41, 5.74) is 10.8. The van der Waals surface area contributed by atoms with Crippen LogP contribution in [0.2, 0.25) is 0 Å². The van der Waals surface area contributed by atoms with Crippen LogP contribution in [-0.4, -0.2) is 12.1 Å². The average Bonchev–Trinajstić information content (AvgIpc) is 2.22. The number of hydrogen-bond acceptors (Lipinski definition) is 2. The normalized spacial score (nSPS) is 27.0. The Morgan fingerprint density at radius 1 is 1.50 bits per heavy atom. The topological polar surface area (TPSA) is 52.0 Å². The molecule has 1 aliphatic carbocycles. The van der Waals surface area contributed by atoms with Crippen LogP contribution in [0.1, 0.15) is 12.8 Å². The first kappa shape index (κ1) is 4.09. The lowest BCUT2D eigenvalue weighted by atomic mass is 10.3. The molecule has 1 saturated carbocycles. The van der Waals surface area contributed by atoms with E-state index >= 15 is 0 Å². The molecule has 0 bridgehead atoms. The van der Waals surface area contributed by atoms with Crippen molar-refractivity contribution in [1.29, 1.82) is 0 Å². The van der Waals surface area contributed by atoms with Crippen molar-refractivity contribution in [2.75, 3.05) is 6.54 Å². The molecule has 0 saturated heterocycles. The zero-order chi connectivity index (χ0) is 4.62. The lowest BCUT2D eigenvalue weighted by molar-refractivity contribution is 0.688. The first-order valence-electron chi connectivity index (χ1n) is 2.26. The van der Waals surface area contributed by atoms with Crippen LogP contribution in [0, 0.1) is 0 Å². The zero-order valence-corrected chi connectivity index (χ0v) is 3.78. The Hall–Kier alpha value is -0.0800. The van der Waals surface area contributed by atoms with Gasteiger partial charge in [0.15, 0.2) is 0 Å². The Morgan fingerprint density at radius 3 is 2.00 bits per heavy atom. The predicted molar refractivity (Wildman–Crippen MR) is 25.2 cm³/mol. The van der Waals surface area contributed by atoms with Crippen LogP contribution in [0.25, 0.3) is 0 Å². The van der Waals surface area contributed by atoms with Gasteiger partial charge in [-0.1, -0.05) is 0 Å². The van der Waals surface area contributed by atoms with Crippen LogP contribution in [-0.2, 0) is 0 Å². The fraction of sp³-hybridized carbons (Fsp3) is 1.00. The smallest absolute Gasteiger partial charge is 0.0280 e. The van der Waals surface area contributed by atoms with Crippen LogP contribution in [0.4, 0.5) is 0 Å². The first-order chi connectivity index (χ1) is 2.77. The zero-order valence-electron chi connectivity index (χ0n) is 3.78. The molecule has 2 heteroatoms. The van der Waals surface area contributed by atoms with E-state index in [1.165, 1.54) is 0 Å². The van der Waals surface area contributed by atoms with E-state index in [2.05, 4.69) is 0 Å². The van der Waals surface area contributed by atoms with Gasteiger partial charge in [-0.3, -0.25) is 0 Å². The van der Waals surface area contributed by atoms with Gasteiger partial charge in [0, 0.05) is 12.1 Å². The van der Waals surface area contributed by atoms with Crippen molar-refractivity contribution in [2.24, 2.45) is 11.5 Å². The molecule has 1 aliphatic rings. The maximum Gasteiger partial charge on any atom is 0.0280 e. The van der Waals surface area contributed by atoms with E-state index in [9.17, 15) is 0 Å². The lowest BCUT2D eigenvalue weighted by Gasteiger charge is -1.98. The highest BCUT2D eigenvalue weighted by Gasteiger charge is 2.35. The van der Waals surface area contributed by atoms with Crippen LogP contribution in [0.3, 0.4) is 0 Å². The van der Waals surface area contributed by atoms with Gasteiger partial charge < -0.3 is 11.5 Å². The molecule has 0 atom stereocenters. The van der Waals surface area contributed by atoms with Gasteiger partial charge in [0.2, 0.25) is 0 Å². The summed E-state index contributed by atoms with van der Waals surface area (Å²) in [5, 5.41) is 0. The van der Waals surface area contributed by atoms with Crippen molar-refractivity contribution in [3.63, 3.8) is 0 Å². The Balaban J connectivity index is 2.28. The molecular weight excluding hydrogens is 76.1 g/mol. The molecule has 2 nitrogen and oxygen atoms in total. The molecule has 36 valence electrons. The van der Waals surface area contributed by atoms with Crippen molar-refractivity contribution < 1.29 is 0 Å². The molecule has 0 unspecified atom stereocenters. The van der Waals surface area contributed by atoms with E-state index in [0.29, 0.717) is 6.54 Å². The van der Waals surface area contributed by atoms with Crippen molar-refractivity contribution >= 4 is 0 Å². The molecule has 6 heavy (non-hydrogen) atoms. The second-order valence-corrected chi connectivity index (χ2v) is 2.07. The van der Waals surface area contributed by atoms with E-state index in [1.807, 2.05) is 0 Å². The summed E-state index contributed by atoms with van der Waals surface area (Å²) in [6.07, 6.45) is 2.26. The second-order valence-electron chi connectivity index (χ2n) is 2.07.